The Labute approximate surface area is 135 Å². The molecule has 0 spiro atoms. The minimum Gasteiger partial charge on any atom is -0.477 e. The van der Waals surface area contributed by atoms with Crippen molar-refractivity contribution in [1.29, 1.82) is 0 Å². The first-order chi connectivity index (χ1) is 11.0. The smallest absolute Gasteiger partial charge is 0.352 e. The van der Waals surface area contributed by atoms with E-state index in [0.29, 0.717) is 21.5 Å². The SMILES string of the molecule is O=C(O)c1cc2cc(Cl)ccc2n1Cc1cccc([N+](=O)[O-])c1. The van der Waals surface area contributed by atoms with Gasteiger partial charge >= 0.3 is 5.97 Å². The average molecular weight is 331 g/mol. The van der Waals surface area contributed by atoms with Gasteiger partial charge in [-0.2, -0.15) is 0 Å². The minimum absolute atomic E-state index is 0.0288. The van der Waals surface area contributed by atoms with Crippen molar-refractivity contribution in [3.63, 3.8) is 0 Å². The molecule has 3 aromatic rings. The van der Waals surface area contributed by atoms with Crippen LogP contribution in [0, 0.1) is 10.1 Å². The van der Waals surface area contributed by atoms with Gasteiger partial charge in [0.1, 0.15) is 5.69 Å². The summed E-state index contributed by atoms with van der Waals surface area (Å²) in [5.41, 5.74) is 1.43. The molecule has 116 valence electrons. The van der Waals surface area contributed by atoms with Crippen LogP contribution in [0.4, 0.5) is 5.69 Å². The molecule has 0 saturated heterocycles. The van der Waals surface area contributed by atoms with Crippen molar-refractivity contribution in [3.8, 4) is 0 Å². The molecule has 0 radical (unpaired) electrons. The average Bonchev–Trinajstić information content (AvgIpc) is 2.85. The van der Waals surface area contributed by atoms with E-state index in [2.05, 4.69) is 0 Å². The van der Waals surface area contributed by atoms with Crippen LogP contribution in [0.3, 0.4) is 0 Å². The van der Waals surface area contributed by atoms with E-state index in [-0.39, 0.29) is 17.9 Å². The van der Waals surface area contributed by atoms with E-state index < -0.39 is 10.9 Å². The van der Waals surface area contributed by atoms with E-state index in [1.807, 2.05) is 0 Å². The highest BCUT2D eigenvalue weighted by molar-refractivity contribution is 6.31. The van der Waals surface area contributed by atoms with Crippen LogP contribution in [0.15, 0.2) is 48.5 Å². The van der Waals surface area contributed by atoms with Gasteiger partial charge in [0.25, 0.3) is 5.69 Å². The van der Waals surface area contributed by atoms with Gasteiger partial charge in [0, 0.05) is 34.6 Å². The summed E-state index contributed by atoms with van der Waals surface area (Å²) in [6.07, 6.45) is 0. The predicted octanol–water partition coefficient (Wildman–Crippen LogP) is 3.95. The molecule has 0 atom stereocenters. The van der Waals surface area contributed by atoms with Crippen LogP contribution in [0.2, 0.25) is 5.02 Å². The standard InChI is InChI=1S/C16H11ClN2O4/c17-12-4-5-14-11(7-12)8-15(16(20)21)18(14)9-10-2-1-3-13(6-10)19(22)23/h1-8H,9H2,(H,20,21). The fourth-order valence-electron chi connectivity index (χ4n) is 2.54. The Bertz CT molecular complexity index is 933. The van der Waals surface area contributed by atoms with Crippen LogP contribution in [0.1, 0.15) is 16.1 Å². The van der Waals surface area contributed by atoms with E-state index in [1.165, 1.54) is 12.1 Å². The monoisotopic (exact) mass is 330 g/mol. The first-order valence-electron chi connectivity index (χ1n) is 6.71. The molecule has 1 N–H and O–H groups in total. The minimum atomic E-state index is -1.07. The van der Waals surface area contributed by atoms with Crippen molar-refractivity contribution in [2.75, 3.05) is 0 Å². The molecule has 7 heteroatoms. The Morgan fingerprint density at radius 1 is 1.22 bits per heavy atom. The molecular weight excluding hydrogens is 320 g/mol. The van der Waals surface area contributed by atoms with Crippen molar-refractivity contribution in [2.45, 2.75) is 6.54 Å². The van der Waals surface area contributed by atoms with E-state index in [4.69, 9.17) is 11.6 Å². The Balaban J connectivity index is 2.11. The lowest BCUT2D eigenvalue weighted by atomic mass is 10.2. The van der Waals surface area contributed by atoms with E-state index in [9.17, 15) is 20.0 Å². The second kappa shape index (κ2) is 5.73. The number of aromatic carboxylic acids is 1. The largest absolute Gasteiger partial charge is 0.477 e. The highest BCUT2D eigenvalue weighted by Gasteiger charge is 2.16. The first-order valence-corrected chi connectivity index (χ1v) is 7.09. The van der Waals surface area contributed by atoms with Crippen molar-refractivity contribution < 1.29 is 14.8 Å². The van der Waals surface area contributed by atoms with E-state index in [0.717, 1.165) is 0 Å². The number of benzene rings is 2. The Morgan fingerprint density at radius 2 is 2.00 bits per heavy atom. The number of nitrogens with zero attached hydrogens (tertiary/aromatic N) is 2. The molecule has 2 aromatic carbocycles. The molecule has 0 amide bonds. The number of hydrogen-bond donors (Lipinski definition) is 1. The number of aromatic nitrogens is 1. The zero-order valence-corrected chi connectivity index (χ0v) is 12.5. The van der Waals surface area contributed by atoms with Crippen molar-refractivity contribution in [1.82, 2.24) is 4.57 Å². The van der Waals surface area contributed by atoms with Crippen molar-refractivity contribution in [3.05, 3.63) is 74.9 Å². The van der Waals surface area contributed by atoms with Gasteiger partial charge in [-0.05, 0) is 29.8 Å². The second-order valence-electron chi connectivity index (χ2n) is 5.05. The van der Waals surface area contributed by atoms with E-state index in [1.54, 1.807) is 41.0 Å². The zero-order valence-electron chi connectivity index (χ0n) is 11.8. The molecule has 3 rings (SSSR count). The lowest BCUT2D eigenvalue weighted by molar-refractivity contribution is -0.384. The van der Waals surface area contributed by atoms with Gasteiger partial charge in [-0.25, -0.2) is 4.79 Å². The fraction of sp³-hybridized carbons (Fsp3) is 0.0625. The Morgan fingerprint density at radius 3 is 2.70 bits per heavy atom. The molecule has 0 aliphatic heterocycles. The van der Waals surface area contributed by atoms with Gasteiger partial charge in [0.05, 0.1) is 4.92 Å². The molecule has 0 bridgehead atoms. The van der Waals surface area contributed by atoms with Crippen LogP contribution < -0.4 is 0 Å². The number of rotatable bonds is 4. The number of hydrogen-bond acceptors (Lipinski definition) is 3. The number of nitro benzene ring substituents is 1. The van der Waals surface area contributed by atoms with Crippen LogP contribution in [0.25, 0.3) is 10.9 Å². The molecule has 0 aliphatic carbocycles. The van der Waals surface area contributed by atoms with Gasteiger partial charge in [-0.15, -0.1) is 0 Å². The number of halogens is 1. The number of carboxylic acids is 1. The predicted molar refractivity (Wildman–Crippen MR) is 86.1 cm³/mol. The second-order valence-corrected chi connectivity index (χ2v) is 5.49. The number of nitro groups is 1. The molecule has 0 fully saturated rings. The molecule has 0 unspecified atom stereocenters. The first kappa shape index (κ1) is 15.1. The quantitative estimate of drug-likeness (QED) is 0.579. The summed E-state index contributed by atoms with van der Waals surface area (Å²) in [5.74, 6) is -1.07. The normalized spacial score (nSPS) is 10.8. The zero-order chi connectivity index (χ0) is 16.6. The maximum absolute atomic E-state index is 11.5. The summed E-state index contributed by atoms with van der Waals surface area (Å²) in [6, 6.07) is 12.8. The summed E-state index contributed by atoms with van der Waals surface area (Å²) in [6.45, 7) is 0.217. The van der Waals surface area contributed by atoms with Gasteiger partial charge < -0.3 is 9.67 Å². The maximum Gasteiger partial charge on any atom is 0.352 e. The molecular formula is C16H11ClN2O4. The topological polar surface area (TPSA) is 85.4 Å². The Hall–Kier alpha value is -2.86. The number of carbonyl (C=O) groups is 1. The van der Waals surface area contributed by atoms with E-state index >= 15 is 0 Å². The summed E-state index contributed by atoms with van der Waals surface area (Å²) in [4.78, 5) is 21.9. The highest BCUT2D eigenvalue weighted by Crippen LogP contribution is 2.25. The lowest BCUT2D eigenvalue weighted by Crippen LogP contribution is -2.09. The molecule has 6 nitrogen and oxygen atoms in total. The third-order valence-electron chi connectivity index (χ3n) is 3.54. The van der Waals surface area contributed by atoms with Crippen LogP contribution in [-0.2, 0) is 6.54 Å². The third kappa shape index (κ3) is 2.89. The number of fused-ring (bicyclic) bond motifs is 1. The number of carboxylic acid groups (broad SMARTS) is 1. The molecule has 0 saturated carbocycles. The molecule has 23 heavy (non-hydrogen) atoms. The molecule has 0 aliphatic rings. The molecule has 1 heterocycles. The maximum atomic E-state index is 11.5. The summed E-state index contributed by atoms with van der Waals surface area (Å²) < 4.78 is 1.60. The van der Waals surface area contributed by atoms with Gasteiger partial charge in [-0.1, -0.05) is 23.7 Å². The Kier molecular flexibility index (Phi) is 3.75. The summed E-state index contributed by atoms with van der Waals surface area (Å²) in [5, 5.41) is 21.5. The summed E-state index contributed by atoms with van der Waals surface area (Å²) in [7, 11) is 0. The van der Waals surface area contributed by atoms with Gasteiger partial charge in [0.15, 0.2) is 0 Å². The fourth-order valence-corrected chi connectivity index (χ4v) is 2.72. The lowest BCUT2D eigenvalue weighted by Gasteiger charge is -2.08. The summed E-state index contributed by atoms with van der Waals surface area (Å²) >= 11 is 5.94. The van der Waals surface area contributed by atoms with Gasteiger partial charge in [0.2, 0.25) is 0 Å². The van der Waals surface area contributed by atoms with Crippen LogP contribution in [-0.4, -0.2) is 20.6 Å². The van der Waals surface area contributed by atoms with Crippen LogP contribution >= 0.6 is 11.6 Å². The highest BCUT2D eigenvalue weighted by atomic mass is 35.5. The molecule has 1 aromatic heterocycles. The van der Waals surface area contributed by atoms with Crippen molar-refractivity contribution in [2.24, 2.45) is 0 Å². The van der Waals surface area contributed by atoms with Gasteiger partial charge in [-0.3, -0.25) is 10.1 Å². The number of non-ortho nitro benzene ring substituents is 1. The third-order valence-corrected chi connectivity index (χ3v) is 3.78. The van der Waals surface area contributed by atoms with Crippen LogP contribution in [0.5, 0.6) is 0 Å². The van der Waals surface area contributed by atoms with Crippen molar-refractivity contribution >= 4 is 34.2 Å².